The third kappa shape index (κ3) is 1.44. The molecule has 0 saturated carbocycles. The van der Waals surface area contributed by atoms with E-state index in [4.69, 9.17) is 0 Å². The molecule has 2 amide bonds. The van der Waals surface area contributed by atoms with Crippen LogP contribution in [0, 0.1) is 0 Å². The van der Waals surface area contributed by atoms with Crippen molar-refractivity contribution in [2.45, 2.75) is 25.3 Å². The maximum atomic E-state index is 11.6. The standard InChI is InChI=1S/C12H13NO2/c1-2-12(8-4-3-5-9-12)13-10(14)6-7-11(13)15/h3-8H,2,9H2,1H3/t12-/m1/s1. The minimum Gasteiger partial charge on any atom is -0.269 e. The Hall–Kier alpha value is -1.64. The molecule has 0 fully saturated rings. The van der Waals surface area contributed by atoms with Gasteiger partial charge in [0.25, 0.3) is 11.8 Å². The fourth-order valence-electron chi connectivity index (χ4n) is 2.08. The molecule has 0 N–H and O–H groups in total. The Kier molecular flexibility index (Phi) is 2.31. The normalized spacial score (nSPS) is 29.3. The Labute approximate surface area is 88.8 Å². The van der Waals surface area contributed by atoms with E-state index in [2.05, 4.69) is 0 Å². The molecule has 0 bridgehead atoms. The number of hydrogen-bond donors (Lipinski definition) is 0. The lowest BCUT2D eigenvalue weighted by atomic mass is 9.86. The van der Waals surface area contributed by atoms with Gasteiger partial charge >= 0.3 is 0 Å². The minimum atomic E-state index is -0.452. The zero-order valence-corrected chi connectivity index (χ0v) is 8.64. The summed E-state index contributed by atoms with van der Waals surface area (Å²) in [5, 5.41) is 0. The van der Waals surface area contributed by atoms with Crippen molar-refractivity contribution in [1.29, 1.82) is 0 Å². The van der Waals surface area contributed by atoms with E-state index >= 15 is 0 Å². The highest BCUT2D eigenvalue weighted by molar-refractivity contribution is 6.13. The molecular formula is C12H13NO2. The summed E-state index contributed by atoms with van der Waals surface area (Å²) < 4.78 is 0. The van der Waals surface area contributed by atoms with Crippen molar-refractivity contribution in [2.24, 2.45) is 0 Å². The van der Waals surface area contributed by atoms with Crippen LogP contribution in [0.1, 0.15) is 19.8 Å². The van der Waals surface area contributed by atoms with Gasteiger partial charge in [-0.1, -0.05) is 31.2 Å². The maximum Gasteiger partial charge on any atom is 0.254 e. The van der Waals surface area contributed by atoms with E-state index in [0.29, 0.717) is 6.42 Å². The summed E-state index contributed by atoms with van der Waals surface area (Å²) >= 11 is 0. The van der Waals surface area contributed by atoms with Gasteiger partial charge in [0.15, 0.2) is 0 Å². The number of nitrogens with zero attached hydrogens (tertiary/aromatic N) is 1. The third-order valence-corrected chi connectivity index (χ3v) is 2.99. The quantitative estimate of drug-likeness (QED) is 0.639. The van der Waals surface area contributed by atoms with Gasteiger partial charge in [-0.2, -0.15) is 0 Å². The number of hydrogen-bond acceptors (Lipinski definition) is 2. The molecule has 0 spiro atoms. The summed E-state index contributed by atoms with van der Waals surface area (Å²) in [5.41, 5.74) is -0.452. The molecule has 0 radical (unpaired) electrons. The van der Waals surface area contributed by atoms with Gasteiger partial charge in [0.05, 0.1) is 5.54 Å². The molecule has 2 rings (SSSR count). The second-order valence-corrected chi connectivity index (χ2v) is 3.79. The van der Waals surface area contributed by atoms with Crippen molar-refractivity contribution < 1.29 is 9.59 Å². The highest BCUT2D eigenvalue weighted by Crippen LogP contribution is 2.31. The fourth-order valence-corrected chi connectivity index (χ4v) is 2.08. The van der Waals surface area contributed by atoms with Crippen molar-refractivity contribution in [2.75, 3.05) is 0 Å². The number of allylic oxidation sites excluding steroid dienone is 2. The molecule has 15 heavy (non-hydrogen) atoms. The molecule has 1 atom stereocenters. The van der Waals surface area contributed by atoms with Gasteiger partial charge in [-0.15, -0.1) is 0 Å². The predicted molar refractivity (Wildman–Crippen MR) is 56.9 cm³/mol. The van der Waals surface area contributed by atoms with Crippen LogP contribution < -0.4 is 0 Å². The lowest BCUT2D eigenvalue weighted by Crippen LogP contribution is -2.50. The van der Waals surface area contributed by atoms with Gasteiger partial charge in [0, 0.05) is 12.2 Å². The first-order valence-electron chi connectivity index (χ1n) is 5.10. The van der Waals surface area contributed by atoms with Crippen molar-refractivity contribution in [3.63, 3.8) is 0 Å². The number of carbonyl (C=O) groups excluding carboxylic acids is 2. The van der Waals surface area contributed by atoms with E-state index < -0.39 is 5.54 Å². The molecule has 3 heteroatoms. The van der Waals surface area contributed by atoms with Gasteiger partial charge in [-0.3, -0.25) is 14.5 Å². The summed E-state index contributed by atoms with van der Waals surface area (Å²) in [6.45, 7) is 1.99. The Morgan fingerprint density at radius 3 is 2.40 bits per heavy atom. The van der Waals surface area contributed by atoms with E-state index in [-0.39, 0.29) is 11.8 Å². The first-order chi connectivity index (χ1) is 7.19. The van der Waals surface area contributed by atoms with Gasteiger partial charge in [-0.25, -0.2) is 0 Å². The van der Waals surface area contributed by atoms with Crippen molar-refractivity contribution >= 4 is 11.8 Å². The molecular weight excluding hydrogens is 190 g/mol. The average Bonchev–Trinajstić information content (AvgIpc) is 2.60. The Balaban J connectivity index is 2.35. The SMILES string of the molecule is CC[C@@]1(N2C(=O)C=CC2=O)C=CC=CC1. The molecule has 1 aliphatic heterocycles. The smallest absolute Gasteiger partial charge is 0.254 e. The van der Waals surface area contributed by atoms with Crippen molar-refractivity contribution in [3.05, 3.63) is 36.5 Å². The molecule has 0 unspecified atom stereocenters. The zero-order chi connectivity index (χ0) is 10.9. The lowest BCUT2D eigenvalue weighted by Gasteiger charge is -2.37. The summed E-state index contributed by atoms with van der Waals surface area (Å²) in [6.07, 6.45) is 11.9. The predicted octanol–water partition coefficient (Wildman–Crippen LogP) is 1.58. The Morgan fingerprint density at radius 2 is 1.93 bits per heavy atom. The third-order valence-electron chi connectivity index (χ3n) is 2.99. The van der Waals surface area contributed by atoms with Gasteiger partial charge in [0.1, 0.15) is 0 Å². The minimum absolute atomic E-state index is 0.207. The number of amides is 2. The molecule has 0 aromatic carbocycles. The lowest BCUT2D eigenvalue weighted by molar-refractivity contribution is -0.142. The second kappa shape index (κ2) is 3.50. The maximum absolute atomic E-state index is 11.6. The van der Waals surface area contributed by atoms with E-state index in [0.717, 1.165) is 6.42 Å². The molecule has 0 aromatic heterocycles. The first-order valence-corrected chi connectivity index (χ1v) is 5.10. The van der Waals surface area contributed by atoms with Gasteiger partial charge < -0.3 is 0 Å². The van der Waals surface area contributed by atoms with Crippen LogP contribution in [0.4, 0.5) is 0 Å². The highest BCUT2D eigenvalue weighted by atomic mass is 16.2. The van der Waals surface area contributed by atoms with Crippen LogP contribution in [-0.4, -0.2) is 22.3 Å². The van der Waals surface area contributed by atoms with E-state index in [9.17, 15) is 9.59 Å². The molecule has 1 aliphatic carbocycles. The summed E-state index contributed by atoms with van der Waals surface area (Å²) in [7, 11) is 0. The van der Waals surface area contributed by atoms with Crippen LogP contribution in [-0.2, 0) is 9.59 Å². The zero-order valence-electron chi connectivity index (χ0n) is 8.64. The van der Waals surface area contributed by atoms with Crippen LogP contribution in [0.15, 0.2) is 36.5 Å². The van der Waals surface area contributed by atoms with Crippen LogP contribution in [0.3, 0.4) is 0 Å². The number of rotatable bonds is 2. The van der Waals surface area contributed by atoms with Crippen LogP contribution in [0.5, 0.6) is 0 Å². The second-order valence-electron chi connectivity index (χ2n) is 3.79. The Morgan fingerprint density at radius 1 is 1.27 bits per heavy atom. The highest BCUT2D eigenvalue weighted by Gasteiger charge is 2.40. The summed E-state index contributed by atoms with van der Waals surface area (Å²) in [6, 6.07) is 0. The topological polar surface area (TPSA) is 37.4 Å². The first kappa shape index (κ1) is 9.90. The molecule has 2 aliphatic rings. The van der Waals surface area contributed by atoms with Crippen LogP contribution >= 0.6 is 0 Å². The van der Waals surface area contributed by atoms with Crippen molar-refractivity contribution in [1.82, 2.24) is 4.90 Å². The fraction of sp³-hybridized carbons (Fsp3) is 0.333. The summed E-state index contributed by atoms with van der Waals surface area (Å²) in [4.78, 5) is 24.6. The molecule has 1 heterocycles. The van der Waals surface area contributed by atoms with Gasteiger partial charge in [0.2, 0.25) is 0 Å². The average molecular weight is 203 g/mol. The molecule has 0 saturated heterocycles. The number of carbonyl (C=O) groups is 2. The van der Waals surface area contributed by atoms with Gasteiger partial charge in [-0.05, 0) is 12.8 Å². The largest absolute Gasteiger partial charge is 0.269 e. The monoisotopic (exact) mass is 203 g/mol. The van der Waals surface area contributed by atoms with Crippen molar-refractivity contribution in [3.8, 4) is 0 Å². The number of imide groups is 1. The molecule has 78 valence electrons. The molecule has 3 nitrogen and oxygen atoms in total. The van der Waals surface area contributed by atoms with Crippen LogP contribution in [0.25, 0.3) is 0 Å². The van der Waals surface area contributed by atoms with E-state index in [1.807, 2.05) is 31.2 Å². The Bertz CT molecular complexity index is 374. The summed E-state index contributed by atoms with van der Waals surface area (Å²) in [5.74, 6) is -0.413. The van der Waals surface area contributed by atoms with E-state index in [1.54, 1.807) is 0 Å². The van der Waals surface area contributed by atoms with E-state index in [1.165, 1.54) is 17.1 Å². The molecule has 0 aromatic rings. The van der Waals surface area contributed by atoms with Crippen LogP contribution in [0.2, 0.25) is 0 Å².